The fraction of sp³-hybridized carbons (Fsp3) is 0.0833. The lowest BCUT2D eigenvalue weighted by molar-refractivity contribution is -0.384. The van der Waals surface area contributed by atoms with E-state index in [1.54, 1.807) is 12.1 Å². The first kappa shape index (κ1) is 11.1. The van der Waals surface area contributed by atoms with Crippen LogP contribution in [0.2, 0.25) is 0 Å². The lowest BCUT2D eigenvalue weighted by Gasteiger charge is -1.99. The molecule has 1 heterocycles. The first-order valence-electron chi connectivity index (χ1n) is 4.94. The van der Waals surface area contributed by atoms with Crippen molar-refractivity contribution in [2.75, 3.05) is 0 Å². The second-order valence-electron chi connectivity index (χ2n) is 3.53. The smallest absolute Gasteiger partial charge is 0.339 e. The molecule has 2 rings (SSSR count). The van der Waals surface area contributed by atoms with E-state index in [9.17, 15) is 14.9 Å². The third-order valence-electron chi connectivity index (χ3n) is 2.36. The fourth-order valence-corrected chi connectivity index (χ4v) is 1.56. The van der Waals surface area contributed by atoms with E-state index in [1.165, 1.54) is 18.2 Å². The predicted octanol–water partition coefficient (Wildman–Crippen LogP) is 2.43. The highest BCUT2D eigenvalue weighted by atomic mass is 16.6. The third kappa shape index (κ3) is 2.08. The molecule has 86 valence electrons. The maximum atomic E-state index is 11.5. The minimum absolute atomic E-state index is 0.0316. The Morgan fingerprint density at radius 3 is 2.82 bits per heavy atom. The van der Waals surface area contributed by atoms with Crippen LogP contribution < -0.4 is 5.63 Å². The second-order valence-corrected chi connectivity index (χ2v) is 3.53. The summed E-state index contributed by atoms with van der Waals surface area (Å²) in [5, 5.41) is 11.2. The van der Waals surface area contributed by atoms with Crippen LogP contribution in [0.1, 0.15) is 5.56 Å². The monoisotopic (exact) mass is 231 g/mol. The van der Waals surface area contributed by atoms with E-state index in [0.717, 1.165) is 0 Å². The highest BCUT2D eigenvalue weighted by molar-refractivity contribution is 5.79. The summed E-state index contributed by atoms with van der Waals surface area (Å²) >= 11 is 0. The number of nitro groups is 1. The molecular formula is C12H9NO4. The minimum atomic E-state index is -0.488. The number of rotatable bonds is 3. The summed E-state index contributed by atoms with van der Waals surface area (Å²) < 4.78 is 5.05. The fourth-order valence-electron chi connectivity index (χ4n) is 1.56. The van der Waals surface area contributed by atoms with Gasteiger partial charge in [0.1, 0.15) is 5.58 Å². The number of benzene rings is 1. The molecule has 0 aliphatic heterocycles. The summed E-state index contributed by atoms with van der Waals surface area (Å²) in [6, 6.07) is 5.70. The maximum Gasteiger partial charge on any atom is 0.339 e. The Hall–Kier alpha value is -2.43. The summed E-state index contributed by atoms with van der Waals surface area (Å²) in [7, 11) is 0. The van der Waals surface area contributed by atoms with Crippen molar-refractivity contribution >= 4 is 16.7 Å². The Morgan fingerprint density at radius 2 is 2.18 bits per heavy atom. The predicted molar refractivity (Wildman–Crippen MR) is 63.0 cm³/mol. The Morgan fingerprint density at radius 1 is 1.41 bits per heavy atom. The molecular weight excluding hydrogens is 222 g/mol. The largest absolute Gasteiger partial charge is 0.423 e. The number of non-ortho nitro benzene ring substituents is 1. The maximum absolute atomic E-state index is 11.5. The van der Waals surface area contributed by atoms with Crippen molar-refractivity contribution in [2.45, 2.75) is 6.42 Å². The number of fused-ring (bicyclic) bond motifs is 1. The summed E-state index contributed by atoms with van der Waals surface area (Å²) in [6.45, 7) is 3.53. The van der Waals surface area contributed by atoms with Gasteiger partial charge in [0.25, 0.3) is 5.69 Å². The molecule has 0 N–H and O–H groups in total. The normalized spacial score (nSPS) is 10.4. The molecule has 0 saturated heterocycles. The van der Waals surface area contributed by atoms with Crippen molar-refractivity contribution in [3.8, 4) is 0 Å². The first-order valence-corrected chi connectivity index (χ1v) is 4.94. The molecule has 0 saturated carbocycles. The van der Waals surface area contributed by atoms with E-state index in [0.29, 0.717) is 23.0 Å². The molecule has 1 aromatic heterocycles. The Kier molecular flexibility index (Phi) is 2.74. The summed E-state index contributed by atoms with van der Waals surface area (Å²) in [4.78, 5) is 21.6. The van der Waals surface area contributed by atoms with Gasteiger partial charge in [-0.05, 0) is 18.6 Å². The van der Waals surface area contributed by atoms with E-state index in [4.69, 9.17) is 4.42 Å². The zero-order valence-electron chi connectivity index (χ0n) is 8.88. The van der Waals surface area contributed by atoms with Crippen molar-refractivity contribution < 1.29 is 9.34 Å². The van der Waals surface area contributed by atoms with Gasteiger partial charge in [-0.2, -0.15) is 0 Å². The summed E-state index contributed by atoms with van der Waals surface area (Å²) in [5.41, 5.74) is 0.309. The van der Waals surface area contributed by atoms with Crippen molar-refractivity contribution in [1.29, 1.82) is 0 Å². The molecule has 0 unspecified atom stereocenters. The van der Waals surface area contributed by atoms with Crippen LogP contribution in [0.25, 0.3) is 11.0 Å². The van der Waals surface area contributed by atoms with E-state index in [2.05, 4.69) is 6.58 Å². The summed E-state index contributed by atoms with van der Waals surface area (Å²) in [6.07, 6.45) is 1.95. The van der Waals surface area contributed by atoms with Crippen LogP contribution >= 0.6 is 0 Å². The van der Waals surface area contributed by atoms with Gasteiger partial charge in [0.2, 0.25) is 0 Å². The van der Waals surface area contributed by atoms with Crippen LogP contribution in [0.5, 0.6) is 0 Å². The molecule has 0 fully saturated rings. The minimum Gasteiger partial charge on any atom is -0.423 e. The Bertz CT molecular complexity index is 657. The quantitative estimate of drug-likeness (QED) is 0.352. The van der Waals surface area contributed by atoms with Crippen molar-refractivity contribution in [2.24, 2.45) is 0 Å². The molecule has 0 atom stereocenters. The van der Waals surface area contributed by atoms with Crippen LogP contribution in [0.15, 0.2) is 46.1 Å². The second kappa shape index (κ2) is 4.21. The van der Waals surface area contributed by atoms with Crippen LogP contribution in [0.3, 0.4) is 0 Å². The average Bonchev–Trinajstić information content (AvgIpc) is 2.29. The third-order valence-corrected chi connectivity index (χ3v) is 2.36. The molecule has 5 heteroatoms. The van der Waals surface area contributed by atoms with Crippen molar-refractivity contribution in [3.05, 3.63) is 63.0 Å². The topological polar surface area (TPSA) is 73.3 Å². The van der Waals surface area contributed by atoms with E-state index in [1.807, 2.05) is 0 Å². The number of hydrogen-bond donors (Lipinski definition) is 0. The SMILES string of the molecule is C=CCc1cc2cc([N+](=O)[O-])ccc2oc1=O. The van der Waals surface area contributed by atoms with Crippen LogP contribution in [0, 0.1) is 10.1 Å². The van der Waals surface area contributed by atoms with Crippen LogP contribution in [-0.2, 0) is 6.42 Å². The summed E-state index contributed by atoms with van der Waals surface area (Å²) in [5.74, 6) is 0. The molecule has 0 bridgehead atoms. The van der Waals surface area contributed by atoms with Gasteiger partial charge >= 0.3 is 5.63 Å². The van der Waals surface area contributed by atoms with Gasteiger partial charge in [-0.1, -0.05) is 6.08 Å². The Labute approximate surface area is 96.1 Å². The van der Waals surface area contributed by atoms with Gasteiger partial charge in [0, 0.05) is 23.1 Å². The lowest BCUT2D eigenvalue weighted by atomic mass is 10.1. The molecule has 0 amide bonds. The molecule has 0 aliphatic carbocycles. The highest BCUT2D eigenvalue weighted by Crippen LogP contribution is 2.20. The van der Waals surface area contributed by atoms with E-state index >= 15 is 0 Å². The van der Waals surface area contributed by atoms with Gasteiger partial charge in [-0.15, -0.1) is 6.58 Å². The van der Waals surface area contributed by atoms with Crippen molar-refractivity contribution in [1.82, 2.24) is 0 Å². The average molecular weight is 231 g/mol. The first-order chi connectivity index (χ1) is 8.11. The molecule has 0 aliphatic rings. The zero-order valence-corrected chi connectivity index (χ0v) is 8.88. The molecule has 17 heavy (non-hydrogen) atoms. The lowest BCUT2D eigenvalue weighted by Crippen LogP contribution is -2.05. The molecule has 5 nitrogen and oxygen atoms in total. The molecule has 0 spiro atoms. The van der Waals surface area contributed by atoms with Gasteiger partial charge in [-0.3, -0.25) is 10.1 Å². The Balaban J connectivity index is 2.67. The molecule has 2 aromatic rings. The van der Waals surface area contributed by atoms with Gasteiger partial charge in [0.05, 0.1) is 4.92 Å². The standard InChI is InChI=1S/C12H9NO4/c1-2-3-8-6-9-7-10(13(15)16)4-5-11(9)17-12(8)14/h2,4-7H,1,3H2. The van der Waals surface area contributed by atoms with Crippen LogP contribution in [-0.4, -0.2) is 4.92 Å². The number of allylic oxidation sites excluding steroid dienone is 1. The van der Waals surface area contributed by atoms with Crippen LogP contribution in [0.4, 0.5) is 5.69 Å². The number of nitrogens with zero attached hydrogens (tertiary/aromatic N) is 1. The van der Waals surface area contributed by atoms with Crippen molar-refractivity contribution in [3.63, 3.8) is 0 Å². The van der Waals surface area contributed by atoms with Gasteiger partial charge in [-0.25, -0.2) is 4.79 Å². The number of nitro benzene ring substituents is 1. The molecule has 0 radical (unpaired) electrons. The van der Waals surface area contributed by atoms with E-state index in [-0.39, 0.29) is 5.69 Å². The van der Waals surface area contributed by atoms with E-state index < -0.39 is 10.5 Å². The van der Waals surface area contributed by atoms with Gasteiger partial charge < -0.3 is 4.42 Å². The van der Waals surface area contributed by atoms with Gasteiger partial charge in [0.15, 0.2) is 0 Å². The zero-order chi connectivity index (χ0) is 12.4. The highest BCUT2D eigenvalue weighted by Gasteiger charge is 2.09. The molecule has 1 aromatic carbocycles. The number of hydrogen-bond acceptors (Lipinski definition) is 4.